The van der Waals surface area contributed by atoms with Gasteiger partial charge in [0, 0.05) is 0 Å². The van der Waals surface area contributed by atoms with Crippen LogP contribution in [0, 0.1) is 17.2 Å². The van der Waals surface area contributed by atoms with Crippen LogP contribution in [0.1, 0.15) is 70.9 Å². The fraction of sp³-hybridized carbons (Fsp3) is 0.444. The van der Waals surface area contributed by atoms with Crippen LogP contribution in [0.25, 0.3) is 11.2 Å². The number of H-pyrrole nitrogens is 1. The van der Waals surface area contributed by atoms with Gasteiger partial charge in [0.2, 0.25) is 0 Å². The third-order valence-corrected chi connectivity index (χ3v) is 15.4. The number of aromatic nitrogens is 4. The number of nitrogens with zero attached hydrogens (tertiary/aromatic N) is 5. The first-order valence-corrected chi connectivity index (χ1v) is 24.5. The van der Waals surface area contributed by atoms with Crippen LogP contribution in [0.5, 0.6) is 11.5 Å². The van der Waals surface area contributed by atoms with Crippen molar-refractivity contribution in [1.82, 2.24) is 24.2 Å². The molecule has 2 N–H and O–H groups in total. The van der Waals surface area contributed by atoms with E-state index < -0.39 is 37.9 Å². The molecule has 0 aliphatic carbocycles. The molecule has 0 spiro atoms. The molecule has 324 valence electrons. The number of nitrogens with one attached hydrogen (secondary N) is 2. The van der Waals surface area contributed by atoms with Crippen LogP contribution in [0.4, 0.5) is 5.95 Å². The molecule has 5 atom stereocenters. The molecule has 6 rings (SSSR count). The Morgan fingerprint density at radius 2 is 1.56 bits per heavy atom. The number of ether oxygens (including phenoxy) is 4. The molecule has 3 aromatic carbocycles. The zero-order valence-electron chi connectivity index (χ0n) is 36.2. The Kier molecular flexibility index (Phi) is 15.4. The van der Waals surface area contributed by atoms with E-state index >= 15 is 0 Å². The van der Waals surface area contributed by atoms with E-state index in [9.17, 15) is 14.9 Å². The number of fused-ring (bicyclic) bond motifs is 1. The number of carbonyl (C=O) groups is 1. The number of benzene rings is 3. The van der Waals surface area contributed by atoms with Crippen LogP contribution in [0.2, 0.25) is 10.6 Å². The monoisotopic (exact) mass is 917 g/mol. The average molecular weight is 917 g/mol. The summed E-state index contributed by atoms with van der Waals surface area (Å²) in [6.07, 6.45) is 0.654. The molecule has 1 unspecified atom stereocenters. The SMILES string of the molecule is COc1ccc(C(OC[C@H]2O[C@@H](n3cnc4c(=O)[nH]c(NC(=O)C(C)C)nc43)[C@H]([Se]C)[C@@H]2OP(CCC#N)N(C(C)C)C(C)C)(c2ccccc2)c2ccc(OC)cc2)cc1. The van der Waals surface area contributed by atoms with E-state index in [4.69, 9.17) is 28.5 Å². The van der Waals surface area contributed by atoms with E-state index in [1.54, 1.807) is 39.0 Å². The van der Waals surface area contributed by atoms with Crippen LogP contribution >= 0.6 is 8.30 Å². The van der Waals surface area contributed by atoms with E-state index in [1.165, 1.54) is 0 Å². The number of hydrogen-bond donors (Lipinski definition) is 2. The molecule has 5 aromatic rings. The van der Waals surface area contributed by atoms with E-state index in [2.05, 4.69) is 71.7 Å². The number of methoxy groups -OCH3 is 2. The first-order valence-electron chi connectivity index (χ1n) is 20.4. The maximum atomic E-state index is 13.4. The van der Waals surface area contributed by atoms with Gasteiger partial charge in [0.25, 0.3) is 0 Å². The zero-order chi connectivity index (χ0) is 43.8. The molecule has 0 bridgehead atoms. The first-order chi connectivity index (χ1) is 29.4. The quantitative estimate of drug-likeness (QED) is 0.0470. The van der Waals surface area contributed by atoms with Crippen LogP contribution in [0.3, 0.4) is 0 Å². The van der Waals surface area contributed by atoms with Crippen molar-refractivity contribution in [3.05, 3.63) is 112 Å². The zero-order valence-corrected chi connectivity index (χ0v) is 38.8. The van der Waals surface area contributed by atoms with Gasteiger partial charge < -0.3 is 0 Å². The van der Waals surface area contributed by atoms with Gasteiger partial charge in [0.1, 0.15) is 0 Å². The summed E-state index contributed by atoms with van der Waals surface area (Å²) in [5.74, 6) is 2.97. The molecule has 1 fully saturated rings. The molecule has 14 nitrogen and oxygen atoms in total. The van der Waals surface area contributed by atoms with Gasteiger partial charge in [-0.15, -0.1) is 0 Å². The number of amides is 1. The molecule has 1 aliphatic rings. The van der Waals surface area contributed by atoms with Crippen LogP contribution in [0.15, 0.2) is 90.0 Å². The normalized spacial score (nSPS) is 18.6. The van der Waals surface area contributed by atoms with E-state index in [1.807, 2.05) is 66.7 Å². The predicted molar refractivity (Wildman–Crippen MR) is 238 cm³/mol. The third kappa shape index (κ3) is 9.87. The molecular formula is C45H56N7O7PSe. The maximum absolute atomic E-state index is 13.4. The van der Waals surface area contributed by atoms with Gasteiger partial charge in [-0.2, -0.15) is 0 Å². The number of anilines is 1. The molecule has 16 heteroatoms. The van der Waals surface area contributed by atoms with Crippen LogP contribution in [-0.4, -0.2) is 96.3 Å². The molecule has 3 heterocycles. The van der Waals surface area contributed by atoms with Crippen molar-refractivity contribution >= 4 is 46.3 Å². The van der Waals surface area contributed by atoms with Gasteiger partial charge in [-0.3, -0.25) is 0 Å². The Bertz CT molecular complexity index is 2260. The molecule has 61 heavy (non-hydrogen) atoms. The second-order valence-corrected chi connectivity index (χ2v) is 19.5. The summed E-state index contributed by atoms with van der Waals surface area (Å²) in [6, 6.07) is 28.5. The van der Waals surface area contributed by atoms with Crippen molar-refractivity contribution < 1.29 is 28.3 Å². The molecule has 0 saturated carbocycles. The summed E-state index contributed by atoms with van der Waals surface area (Å²) in [6.45, 7) is 12.2. The van der Waals surface area contributed by atoms with Crippen molar-refractivity contribution in [3.8, 4) is 17.6 Å². The summed E-state index contributed by atoms with van der Waals surface area (Å²) < 4.78 is 37.2. The average Bonchev–Trinajstić information content (AvgIpc) is 3.84. The fourth-order valence-corrected chi connectivity index (χ4v) is 12.2. The van der Waals surface area contributed by atoms with Gasteiger partial charge in [0.15, 0.2) is 0 Å². The van der Waals surface area contributed by atoms with Crippen molar-refractivity contribution in [2.45, 2.75) is 94.7 Å². The second-order valence-electron chi connectivity index (χ2n) is 15.6. The first kappa shape index (κ1) is 45.9. The Balaban J connectivity index is 1.50. The number of carbonyl (C=O) groups excluding carboxylic acids is 1. The minimum absolute atomic E-state index is 0.0262. The van der Waals surface area contributed by atoms with Crippen LogP contribution < -0.4 is 20.3 Å². The number of imidazole rings is 1. The van der Waals surface area contributed by atoms with Crippen LogP contribution in [-0.2, 0) is 24.4 Å². The summed E-state index contributed by atoms with van der Waals surface area (Å²) in [5, 5.41) is 12.5. The van der Waals surface area contributed by atoms with Crippen molar-refractivity contribution in [2.24, 2.45) is 5.92 Å². The van der Waals surface area contributed by atoms with E-state index in [0.717, 1.165) is 16.7 Å². The van der Waals surface area contributed by atoms with Gasteiger partial charge in [-0.05, 0) is 0 Å². The molecule has 1 saturated heterocycles. The van der Waals surface area contributed by atoms with E-state index in [-0.39, 0.29) is 67.4 Å². The van der Waals surface area contributed by atoms with Crippen molar-refractivity contribution in [3.63, 3.8) is 0 Å². The van der Waals surface area contributed by atoms with Gasteiger partial charge in [-0.1, -0.05) is 0 Å². The van der Waals surface area contributed by atoms with Gasteiger partial charge in [-0.25, -0.2) is 0 Å². The molecular weight excluding hydrogens is 860 g/mol. The molecule has 2 aromatic heterocycles. The number of aromatic amines is 1. The Morgan fingerprint density at radius 1 is 0.967 bits per heavy atom. The summed E-state index contributed by atoms with van der Waals surface area (Å²) >= 11 is -0.0875. The topological polar surface area (TPSA) is 166 Å². The number of rotatable bonds is 19. The van der Waals surface area contributed by atoms with Crippen molar-refractivity contribution in [2.75, 3.05) is 32.3 Å². The minimum atomic E-state index is -1.28. The second kappa shape index (κ2) is 20.5. The van der Waals surface area contributed by atoms with Crippen molar-refractivity contribution in [1.29, 1.82) is 5.26 Å². The molecule has 1 amide bonds. The van der Waals surface area contributed by atoms with Gasteiger partial charge in [0.05, 0.1) is 0 Å². The number of hydrogen-bond acceptors (Lipinski definition) is 11. The Morgan fingerprint density at radius 3 is 2.08 bits per heavy atom. The fourth-order valence-electron chi connectivity index (χ4n) is 7.78. The molecule has 0 radical (unpaired) electrons. The summed E-state index contributed by atoms with van der Waals surface area (Å²) in [5.41, 5.74) is 1.42. The van der Waals surface area contributed by atoms with E-state index in [0.29, 0.717) is 24.1 Å². The summed E-state index contributed by atoms with van der Waals surface area (Å²) in [4.78, 5) is 37.7. The molecule has 1 aliphatic heterocycles. The Labute approximate surface area is 365 Å². The standard InChI is InChI=1S/C45H56N7O7PSe/c1-28(2)41(53)49-44-48-40-37(42(54)50-44)47-27-51(40)43-39(61-9)38(59-60(25-13-24-46)52(29(3)4)30(5)6)36(58-43)26-57-45(31-14-11-10-12-15-31,32-16-20-34(55-7)21-17-32)33-18-22-35(56-8)23-19-33/h10-12,14-23,27-30,36,38-39,43H,13,25-26H2,1-9H3,(H2,48,49,50,53,54)/t36-,38-,39-,43-,60?/m1/s1. The number of nitriles is 1. The Hall–Kier alpha value is -4.64. The predicted octanol–water partition coefficient (Wildman–Crippen LogP) is 7.91. The third-order valence-electron chi connectivity index (χ3n) is 10.6. The van der Waals surface area contributed by atoms with Gasteiger partial charge >= 0.3 is 367 Å². The summed E-state index contributed by atoms with van der Waals surface area (Å²) in [7, 11) is 2.00.